The molecule has 4 nitrogen and oxygen atoms in total. The minimum Gasteiger partial charge on any atom is -0.353 e. The molecule has 1 aromatic heterocycles. The SMILES string of the molecule is O=C1NCCN(Cc2cc(CN3CCCC3)cs2)C1c1cccc(F)c1. The molecule has 2 aromatic rings. The van der Waals surface area contributed by atoms with Crippen molar-refractivity contribution in [3.8, 4) is 0 Å². The van der Waals surface area contributed by atoms with Crippen molar-refractivity contribution < 1.29 is 9.18 Å². The molecule has 0 saturated carbocycles. The zero-order valence-electron chi connectivity index (χ0n) is 14.8. The van der Waals surface area contributed by atoms with Gasteiger partial charge in [-0.1, -0.05) is 12.1 Å². The van der Waals surface area contributed by atoms with Crippen LogP contribution in [-0.2, 0) is 17.9 Å². The summed E-state index contributed by atoms with van der Waals surface area (Å²) in [6, 6.07) is 8.22. The first kappa shape index (κ1) is 17.6. The Hall–Kier alpha value is -1.76. The summed E-state index contributed by atoms with van der Waals surface area (Å²) in [5.74, 6) is -0.347. The van der Waals surface area contributed by atoms with Crippen molar-refractivity contribution in [2.75, 3.05) is 26.2 Å². The summed E-state index contributed by atoms with van der Waals surface area (Å²) >= 11 is 1.75. The van der Waals surface area contributed by atoms with Gasteiger partial charge in [0, 0.05) is 31.1 Å². The van der Waals surface area contributed by atoms with E-state index in [9.17, 15) is 9.18 Å². The molecule has 1 aromatic carbocycles. The van der Waals surface area contributed by atoms with Crippen LogP contribution in [0.1, 0.15) is 34.9 Å². The lowest BCUT2D eigenvalue weighted by Gasteiger charge is -2.35. The molecular weight excluding hydrogens is 349 g/mol. The lowest BCUT2D eigenvalue weighted by Crippen LogP contribution is -2.49. The zero-order valence-corrected chi connectivity index (χ0v) is 15.6. The van der Waals surface area contributed by atoms with E-state index in [-0.39, 0.29) is 11.7 Å². The van der Waals surface area contributed by atoms with Crippen molar-refractivity contribution in [2.24, 2.45) is 0 Å². The summed E-state index contributed by atoms with van der Waals surface area (Å²) in [4.78, 5) is 18.4. The molecule has 2 aliphatic heterocycles. The fraction of sp³-hybridized carbons (Fsp3) is 0.450. The Morgan fingerprint density at radius 2 is 2.00 bits per heavy atom. The van der Waals surface area contributed by atoms with Crippen LogP contribution in [0.25, 0.3) is 0 Å². The van der Waals surface area contributed by atoms with Crippen LogP contribution in [0.2, 0.25) is 0 Å². The average Bonchev–Trinajstić information content (AvgIpc) is 3.28. The van der Waals surface area contributed by atoms with Crippen molar-refractivity contribution in [2.45, 2.75) is 32.0 Å². The first-order valence-corrected chi connectivity index (χ1v) is 10.1. The van der Waals surface area contributed by atoms with Gasteiger partial charge in [-0.25, -0.2) is 4.39 Å². The number of likely N-dealkylation sites (tertiary alicyclic amines) is 1. The second kappa shape index (κ2) is 7.86. The Labute approximate surface area is 157 Å². The van der Waals surface area contributed by atoms with Crippen LogP contribution in [0.3, 0.4) is 0 Å². The third-order valence-electron chi connectivity index (χ3n) is 5.15. The number of carbonyl (C=O) groups excluding carboxylic acids is 1. The number of nitrogens with one attached hydrogen (secondary N) is 1. The van der Waals surface area contributed by atoms with Crippen molar-refractivity contribution in [3.05, 3.63) is 57.5 Å². The topological polar surface area (TPSA) is 35.6 Å². The minimum atomic E-state index is -0.427. The zero-order chi connectivity index (χ0) is 17.9. The highest BCUT2D eigenvalue weighted by atomic mass is 32.1. The quantitative estimate of drug-likeness (QED) is 0.875. The van der Waals surface area contributed by atoms with Crippen molar-refractivity contribution >= 4 is 17.2 Å². The third kappa shape index (κ3) is 3.98. The summed E-state index contributed by atoms with van der Waals surface area (Å²) < 4.78 is 13.6. The fourth-order valence-corrected chi connectivity index (χ4v) is 4.82. The van der Waals surface area contributed by atoms with Gasteiger partial charge in [0.2, 0.25) is 5.91 Å². The van der Waals surface area contributed by atoms with E-state index in [0.29, 0.717) is 6.54 Å². The van der Waals surface area contributed by atoms with E-state index in [1.807, 2.05) is 6.07 Å². The molecule has 2 saturated heterocycles. The number of nitrogens with zero attached hydrogens (tertiary/aromatic N) is 2. The predicted molar refractivity (Wildman–Crippen MR) is 101 cm³/mol. The smallest absolute Gasteiger partial charge is 0.242 e. The van der Waals surface area contributed by atoms with Crippen LogP contribution in [0.5, 0.6) is 0 Å². The molecular formula is C20H24FN3OS. The molecule has 1 N–H and O–H groups in total. The van der Waals surface area contributed by atoms with Gasteiger partial charge in [0.15, 0.2) is 0 Å². The fourth-order valence-electron chi connectivity index (χ4n) is 3.91. The maximum absolute atomic E-state index is 13.6. The lowest BCUT2D eigenvalue weighted by molar-refractivity contribution is -0.129. The van der Waals surface area contributed by atoms with Gasteiger partial charge in [0.1, 0.15) is 11.9 Å². The normalized spacial score (nSPS) is 21.9. The van der Waals surface area contributed by atoms with Crippen LogP contribution >= 0.6 is 11.3 Å². The first-order chi connectivity index (χ1) is 12.7. The van der Waals surface area contributed by atoms with Crippen LogP contribution in [0.4, 0.5) is 4.39 Å². The van der Waals surface area contributed by atoms with Gasteiger partial charge in [-0.3, -0.25) is 14.6 Å². The molecule has 2 fully saturated rings. The van der Waals surface area contributed by atoms with E-state index in [1.165, 1.54) is 48.5 Å². The van der Waals surface area contributed by atoms with Crippen LogP contribution in [0, 0.1) is 5.82 Å². The van der Waals surface area contributed by atoms with Gasteiger partial charge >= 0.3 is 0 Å². The van der Waals surface area contributed by atoms with Crippen LogP contribution in [-0.4, -0.2) is 41.9 Å². The number of amides is 1. The molecule has 3 heterocycles. The van der Waals surface area contributed by atoms with E-state index < -0.39 is 6.04 Å². The Kier molecular flexibility index (Phi) is 5.33. The molecule has 0 bridgehead atoms. The number of benzene rings is 1. The lowest BCUT2D eigenvalue weighted by atomic mass is 10.0. The number of piperazine rings is 1. The highest BCUT2D eigenvalue weighted by Gasteiger charge is 2.31. The Bertz CT molecular complexity index is 772. The summed E-state index contributed by atoms with van der Waals surface area (Å²) in [6.45, 7) is 5.53. The van der Waals surface area contributed by atoms with E-state index in [4.69, 9.17) is 0 Å². The highest BCUT2D eigenvalue weighted by Crippen LogP contribution is 2.28. The summed E-state index contributed by atoms with van der Waals surface area (Å²) in [5, 5.41) is 5.14. The largest absolute Gasteiger partial charge is 0.353 e. The number of hydrogen-bond acceptors (Lipinski definition) is 4. The van der Waals surface area contributed by atoms with Crippen molar-refractivity contribution in [3.63, 3.8) is 0 Å². The Morgan fingerprint density at radius 1 is 1.15 bits per heavy atom. The van der Waals surface area contributed by atoms with E-state index in [0.717, 1.165) is 25.2 Å². The van der Waals surface area contributed by atoms with Gasteiger partial charge in [0.25, 0.3) is 0 Å². The van der Waals surface area contributed by atoms with Crippen LogP contribution < -0.4 is 5.32 Å². The Balaban J connectivity index is 1.48. The molecule has 0 spiro atoms. The molecule has 1 unspecified atom stereocenters. The third-order valence-corrected chi connectivity index (χ3v) is 6.12. The predicted octanol–water partition coefficient (Wildman–Crippen LogP) is 3.16. The maximum atomic E-state index is 13.6. The minimum absolute atomic E-state index is 0.0457. The highest BCUT2D eigenvalue weighted by molar-refractivity contribution is 7.10. The van der Waals surface area contributed by atoms with Gasteiger partial charge in [0.05, 0.1) is 0 Å². The van der Waals surface area contributed by atoms with Gasteiger partial charge in [-0.2, -0.15) is 0 Å². The van der Waals surface area contributed by atoms with Crippen LogP contribution in [0.15, 0.2) is 35.7 Å². The van der Waals surface area contributed by atoms with Gasteiger partial charge in [-0.05, 0) is 60.6 Å². The first-order valence-electron chi connectivity index (χ1n) is 9.25. The van der Waals surface area contributed by atoms with Crippen molar-refractivity contribution in [1.82, 2.24) is 15.1 Å². The molecule has 2 aliphatic rings. The average molecular weight is 373 g/mol. The maximum Gasteiger partial charge on any atom is 0.242 e. The molecule has 138 valence electrons. The molecule has 1 amide bonds. The standard InChI is InChI=1S/C20H24FN3OS/c21-17-5-3-4-16(11-17)19-20(25)22-6-9-24(19)13-18-10-15(14-26-18)12-23-7-1-2-8-23/h3-5,10-11,14,19H,1-2,6-9,12-13H2,(H,22,25). The molecule has 0 aliphatic carbocycles. The van der Waals surface area contributed by atoms with E-state index >= 15 is 0 Å². The monoisotopic (exact) mass is 373 g/mol. The van der Waals surface area contributed by atoms with E-state index in [2.05, 4.69) is 26.6 Å². The molecule has 6 heteroatoms. The summed E-state index contributed by atoms with van der Waals surface area (Å²) in [7, 11) is 0. The number of carbonyl (C=O) groups is 1. The van der Waals surface area contributed by atoms with Crippen molar-refractivity contribution in [1.29, 1.82) is 0 Å². The second-order valence-electron chi connectivity index (χ2n) is 7.12. The Morgan fingerprint density at radius 3 is 2.81 bits per heavy atom. The van der Waals surface area contributed by atoms with Gasteiger partial charge in [-0.15, -0.1) is 11.3 Å². The van der Waals surface area contributed by atoms with E-state index in [1.54, 1.807) is 17.4 Å². The molecule has 0 radical (unpaired) electrons. The van der Waals surface area contributed by atoms with Gasteiger partial charge < -0.3 is 5.32 Å². The molecule has 1 atom stereocenters. The second-order valence-corrected chi connectivity index (χ2v) is 8.12. The number of rotatable bonds is 5. The molecule has 4 rings (SSSR count). The summed E-state index contributed by atoms with van der Waals surface area (Å²) in [5.41, 5.74) is 2.08. The molecule has 26 heavy (non-hydrogen) atoms. The number of thiophene rings is 1. The summed E-state index contributed by atoms with van der Waals surface area (Å²) in [6.07, 6.45) is 2.60. The number of halogens is 1. The number of hydrogen-bond donors (Lipinski definition) is 1.